The monoisotopic (exact) mass is 623 g/mol. The zero-order valence-corrected chi connectivity index (χ0v) is 25.6. The lowest BCUT2D eigenvalue weighted by Crippen LogP contribution is -2.53. The van der Waals surface area contributed by atoms with Gasteiger partial charge in [0.1, 0.15) is 12.6 Å². The van der Waals surface area contributed by atoms with Gasteiger partial charge in [0.2, 0.25) is 21.8 Å². The Kier molecular flexibility index (Phi) is 11.3. The van der Waals surface area contributed by atoms with E-state index in [-0.39, 0.29) is 24.6 Å². The van der Waals surface area contributed by atoms with E-state index >= 15 is 0 Å². The first-order valence-electron chi connectivity index (χ1n) is 12.7. The van der Waals surface area contributed by atoms with E-state index in [9.17, 15) is 18.0 Å². The standard InChI is InChI=1S/C29H32Cl3N3O4S/c1-4-14-33-29(37)27(16-21-8-6-5-7-9-21)34(18-22-11-13-24(30)26(32)15-22)28(36)19-35(40(3,38)39)23-12-10-20(2)25(31)17-23/h5-13,15,17,27H,4,14,16,18-19H2,1-3H3,(H,33,37)/t27-/m0/s1. The third-order valence-electron chi connectivity index (χ3n) is 6.28. The van der Waals surface area contributed by atoms with Crippen LogP contribution in [0, 0.1) is 6.92 Å². The Morgan fingerprint density at radius 3 is 2.20 bits per heavy atom. The van der Waals surface area contributed by atoms with Crippen molar-refractivity contribution in [3.63, 3.8) is 0 Å². The molecule has 0 aliphatic rings. The number of rotatable bonds is 12. The molecule has 2 amide bonds. The summed E-state index contributed by atoms with van der Waals surface area (Å²) in [6.45, 7) is 3.62. The summed E-state index contributed by atoms with van der Waals surface area (Å²) in [5.41, 5.74) is 2.49. The fourth-order valence-corrected chi connectivity index (χ4v) is 5.44. The summed E-state index contributed by atoms with van der Waals surface area (Å²) < 4.78 is 26.7. The number of anilines is 1. The fourth-order valence-electron chi connectivity index (χ4n) is 4.11. The largest absolute Gasteiger partial charge is 0.354 e. The highest BCUT2D eigenvalue weighted by Crippen LogP contribution is 2.27. The predicted octanol–water partition coefficient (Wildman–Crippen LogP) is 5.89. The fraction of sp³-hybridized carbons (Fsp3) is 0.310. The zero-order valence-electron chi connectivity index (χ0n) is 22.5. The molecule has 0 aromatic heterocycles. The molecule has 40 heavy (non-hydrogen) atoms. The van der Waals surface area contributed by atoms with E-state index in [4.69, 9.17) is 34.8 Å². The van der Waals surface area contributed by atoms with Crippen molar-refractivity contribution >= 4 is 62.3 Å². The topological polar surface area (TPSA) is 86.8 Å². The Morgan fingerprint density at radius 2 is 1.60 bits per heavy atom. The van der Waals surface area contributed by atoms with Crippen molar-refractivity contribution in [2.24, 2.45) is 0 Å². The maximum Gasteiger partial charge on any atom is 0.244 e. The van der Waals surface area contributed by atoms with Crippen LogP contribution in [-0.2, 0) is 32.6 Å². The van der Waals surface area contributed by atoms with Crippen LogP contribution < -0.4 is 9.62 Å². The number of hydrogen-bond donors (Lipinski definition) is 1. The SMILES string of the molecule is CCCNC(=O)[C@H](Cc1ccccc1)N(Cc1ccc(Cl)c(Cl)c1)C(=O)CN(c1ccc(C)c(Cl)c1)S(C)(=O)=O. The number of halogens is 3. The first-order valence-corrected chi connectivity index (χ1v) is 15.7. The molecule has 1 N–H and O–H groups in total. The summed E-state index contributed by atoms with van der Waals surface area (Å²) >= 11 is 18.6. The van der Waals surface area contributed by atoms with Crippen molar-refractivity contribution in [1.82, 2.24) is 10.2 Å². The van der Waals surface area contributed by atoms with E-state index < -0.39 is 28.5 Å². The normalized spacial score (nSPS) is 12.1. The predicted molar refractivity (Wildman–Crippen MR) is 163 cm³/mol. The van der Waals surface area contributed by atoms with E-state index in [1.165, 1.54) is 11.0 Å². The molecule has 0 radical (unpaired) electrons. The van der Waals surface area contributed by atoms with Gasteiger partial charge in [0.25, 0.3) is 0 Å². The molecular formula is C29H32Cl3N3O4S. The van der Waals surface area contributed by atoms with Gasteiger partial charge < -0.3 is 10.2 Å². The molecule has 0 saturated heterocycles. The summed E-state index contributed by atoms with van der Waals surface area (Å²) in [7, 11) is -3.89. The highest BCUT2D eigenvalue weighted by molar-refractivity contribution is 7.92. The van der Waals surface area contributed by atoms with Crippen molar-refractivity contribution < 1.29 is 18.0 Å². The van der Waals surface area contributed by atoms with Gasteiger partial charge in [-0.2, -0.15) is 0 Å². The molecule has 3 rings (SSSR count). The third kappa shape index (κ3) is 8.61. The van der Waals surface area contributed by atoms with Crippen LogP contribution in [0.2, 0.25) is 15.1 Å². The minimum absolute atomic E-state index is 0.000969. The van der Waals surface area contributed by atoms with Gasteiger partial charge in [-0.05, 0) is 54.3 Å². The second-order valence-corrected chi connectivity index (χ2v) is 12.6. The summed E-state index contributed by atoms with van der Waals surface area (Å²) in [5, 5.41) is 3.91. The van der Waals surface area contributed by atoms with E-state index in [2.05, 4.69) is 5.32 Å². The number of hydrogen-bond acceptors (Lipinski definition) is 4. The van der Waals surface area contributed by atoms with Crippen molar-refractivity contribution in [3.8, 4) is 0 Å². The maximum atomic E-state index is 14.0. The smallest absolute Gasteiger partial charge is 0.244 e. The van der Waals surface area contributed by atoms with E-state index in [1.54, 1.807) is 37.3 Å². The van der Waals surface area contributed by atoms with E-state index in [1.807, 2.05) is 37.3 Å². The molecule has 0 spiro atoms. The van der Waals surface area contributed by atoms with Crippen molar-refractivity contribution in [1.29, 1.82) is 0 Å². The molecule has 0 saturated carbocycles. The number of carbonyl (C=O) groups is 2. The quantitative estimate of drug-likeness (QED) is 0.272. The molecule has 7 nitrogen and oxygen atoms in total. The molecule has 214 valence electrons. The molecule has 3 aromatic rings. The highest BCUT2D eigenvalue weighted by atomic mass is 35.5. The van der Waals surface area contributed by atoms with Crippen LogP contribution in [0.3, 0.4) is 0 Å². The first-order chi connectivity index (χ1) is 18.9. The number of benzene rings is 3. The maximum absolute atomic E-state index is 14.0. The van der Waals surface area contributed by atoms with Gasteiger partial charge in [-0.15, -0.1) is 0 Å². The van der Waals surface area contributed by atoms with Crippen LogP contribution in [0.5, 0.6) is 0 Å². The molecule has 0 bridgehead atoms. The van der Waals surface area contributed by atoms with Crippen molar-refractivity contribution in [2.75, 3.05) is 23.7 Å². The average Bonchev–Trinajstić information content (AvgIpc) is 2.91. The van der Waals surface area contributed by atoms with Crippen LogP contribution in [0.25, 0.3) is 0 Å². The minimum atomic E-state index is -3.89. The molecule has 1 atom stereocenters. The van der Waals surface area contributed by atoms with Gasteiger partial charge in [-0.3, -0.25) is 13.9 Å². The molecule has 0 aliphatic carbocycles. The summed E-state index contributed by atoms with van der Waals surface area (Å²) in [4.78, 5) is 28.9. The average molecular weight is 625 g/mol. The Morgan fingerprint density at radius 1 is 0.900 bits per heavy atom. The Balaban J connectivity index is 2.07. The lowest BCUT2D eigenvalue weighted by molar-refractivity contribution is -0.140. The Bertz CT molecular complexity index is 1450. The summed E-state index contributed by atoms with van der Waals surface area (Å²) in [6.07, 6.45) is 1.95. The molecule has 0 fully saturated rings. The van der Waals surface area contributed by atoms with Gasteiger partial charge in [-0.1, -0.05) is 84.2 Å². The highest BCUT2D eigenvalue weighted by Gasteiger charge is 2.33. The van der Waals surface area contributed by atoms with Crippen LogP contribution in [0.4, 0.5) is 5.69 Å². The lowest BCUT2D eigenvalue weighted by Gasteiger charge is -2.33. The van der Waals surface area contributed by atoms with Crippen LogP contribution in [0.15, 0.2) is 66.7 Å². The Labute approximate surface area is 251 Å². The van der Waals surface area contributed by atoms with Gasteiger partial charge in [0.15, 0.2) is 0 Å². The third-order valence-corrected chi connectivity index (χ3v) is 8.57. The van der Waals surface area contributed by atoms with E-state index in [0.717, 1.165) is 21.7 Å². The second-order valence-electron chi connectivity index (χ2n) is 9.47. The van der Waals surface area contributed by atoms with Crippen LogP contribution >= 0.6 is 34.8 Å². The molecule has 0 heterocycles. The second kappa shape index (κ2) is 14.2. The number of aryl methyl sites for hydroxylation is 1. The van der Waals surface area contributed by atoms with Crippen molar-refractivity contribution in [2.45, 2.75) is 39.3 Å². The number of nitrogens with one attached hydrogen (secondary N) is 1. The molecular weight excluding hydrogens is 593 g/mol. The molecule has 0 unspecified atom stereocenters. The lowest BCUT2D eigenvalue weighted by atomic mass is 10.0. The van der Waals surface area contributed by atoms with Gasteiger partial charge in [-0.25, -0.2) is 8.42 Å². The summed E-state index contributed by atoms with van der Waals surface area (Å²) in [6, 6.07) is 18.1. The minimum Gasteiger partial charge on any atom is -0.354 e. The Hall–Kier alpha value is -2.78. The summed E-state index contributed by atoms with van der Waals surface area (Å²) in [5.74, 6) is -0.913. The van der Waals surface area contributed by atoms with Crippen molar-refractivity contribution in [3.05, 3.63) is 98.5 Å². The number of amides is 2. The molecule has 3 aromatic carbocycles. The van der Waals surface area contributed by atoms with E-state index in [0.29, 0.717) is 33.6 Å². The first kappa shape index (κ1) is 31.7. The van der Waals surface area contributed by atoms with Crippen LogP contribution in [0.1, 0.15) is 30.0 Å². The number of nitrogens with zero attached hydrogens (tertiary/aromatic N) is 2. The van der Waals surface area contributed by atoms with Gasteiger partial charge >= 0.3 is 0 Å². The van der Waals surface area contributed by atoms with Gasteiger partial charge in [0, 0.05) is 24.5 Å². The molecule has 11 heteroatoms. The zero-order chi connectivity index (χ0) is 29.4. The number of carbonyl (C=O) groups excluding carboxylic acids is 2. The molecule has 0 aliphatic heterocycles. The van der Waals surface area contributed by atoms with Gasteiger partial charge in [0.05, 0.1) is 22.0 Å². The number of sulfonamides is 1. The van der Waals surface area contributed by atoms with Crippen LogP contribution in [-0.4, -0.2) is 50.5 Å².